The number of anilines is 1. The van der Waals surface area contributed by atoms with Crippen molar-refractivity contribution in [1.29, 1.82) is 0 Å². The molecule has 1 aromatic heterocycles. The zero-order valence-corrected chi connectivity index (χ0v) is 28.3. The number of carbonyl (C=O) groups is 1. The summed E-state index contributed by atoms with van der Waals surface area (Å²) in [6, 6.07) is 9.16. The molecule has 0 fully saturated rings. The molecule has 0 spiro atoms. The summed E-state index contributed by atoms with van der Waals surface area (Å²) >= 11 is 7.04. The van der Waals surface area contributed by atoms with Crippen LogP contribution in [0.5, 0.6) is 23.0 Å². The fourth-order valence-electron chi connectivity index (χ4n) is 5.11. The quantitative estimate of drug-likeness (QED) is 0.0826. The normalized spacial score (nSPS) is 14.9. The fourth-order valence-corrected chi connectivity index (χ4v) is 6.09. The number of nitrogens with zero attached hydrogens (tertiary/aromatic N) is 5. The highest BCUT2D eigenvalue weighted by Gasteiger charge is 2.32. The number of hydrogen-bond donors (Lipinski definition) is 0. The van der Waals surface area contributed by atoms with Gasteiger partial charge in [-0.25, -0.2) is 9.38 Å². The molecule has 1 amide bonds. The van der Waals surface area contributed by atoms with Gasteiger partial charge in [0.25, 0.3) is 5.91 Å². The van der Waals surface area contributed by atoms with E-state index in [1.165, 1.54) is 46.8 Å². The molecule has 0 unspecified atom stereocenters. The van der Waals surface area contributed by atoms with Crippen LogP contribution in [0.25, 0.3) is 0 Å². The summed E-state index contributed by atoms with van der Waals surface area (Å²) in [5.41, 5.74) is -0.474. The third kappa shape index (κ3) is 8.01. The average Bonchev–Trinajstić information content (AvgIpc) is 3.55. The van der Waals surface area contributed by atoms with E-state index in [1.54, 1.807) is 6.92 Å². The number of terminal acetylenes is 1. The first-order valence-electron chi connectivity index (χ1n) is 14.9. The number of nitro groups is 1. The summed E-state index contributed by atoms with van der Waals surface area (Å²) in [6.07, 6.45) is 1.70. The number of fused-ring (bicyclic) bond motifs is 2. The summed E-state index contributed by atoms with van der Waals surface area (Å²) in [5.74, 6) is 3.04. The molecule has 17 heteroatoms. The Balaban J connectivity index is 0.000000195. The number of rotatable bonds is 7. The summed E-state index contributed by atoms with van der Waals surface area (Å²) in [6.45, 7) is 6.91. The smallest absolute Gasteiger partial charge is 0.416 e. The van der Waals surface area contributed by atoms with Crippen LogP contribution in [0.15, 0.2) is 53.5 Å². The second-order valence-electron chi connectivity index (χ2n) is 11.7. The number of benzene rings is 3. The highest BCUT2D eigenvalue weighted by atomic mass is 35.5. The van der Waals surface area contributed by atoms with E-state index in [1.807, 2.05) is 4.57 Å². The number of ether oxygens (including phenoxy) is 3. The molecule has 6 rings (SSSR count). The maximum atomic E-state index is 14.5. The first-order chi connectivity index (χ1) is 23.6. The predicted octanol–water partition coefficient (Wildman–Crippen LogP) is 7.72. The molecule has 3 aromatic carbocycles. The summed E-state index contributed by atoms with van der Waals surface area (Å²) in [7, 11) is 0. The highest BCUT2D eigenvalue weighted by Crippen LogP contribution is 2.39. The molecule has 0 aliphatic carbocycles. The highest BCUT2D eigenvalue weighted by molar-refractivity contribution is 7.02. The molecule has 2 aliphatic heterocycles. The van der Waals surface area contributed by atoms with Gasteiger partial charge in [0.1, 0.15) is 28.8 Å². The van der Waals surface area contributed by atoms with Crippen LogP contribution in [0.3, 0.4) is 0 Å². The van der Waals surface area contributed by atoms with E-state index in [2.05, 4.69) is 29.1 Å². The predicted molar refractivity (Wildman–Crippen MR) is 177 cm³/mol. The van der Waals surface area contributed by atoms with Gasteiger partial charge in [0.15, 0.2) is 12.4 Å². The van der Waals surface area contributed by atoms with Crippen LogP contribution in [0.2, 0.25) is 5.02 Å². The van der Waals surface area contributed by atoms with E-state index in [9.17, 15) is 32.5 Å². The van der Waals surface area contributed by atoms with Crippen molar-refractivity contribution in [3.8, 4) is 35.3 Å². The molecule has 50 heavy (non-hydrogen) atoms. The Morgan fingerprint density at radius 1 is 1.20 bits per heavy atom. The lowest BCUT2D eigenvalue weighted by Crippen LogP contribution is -2.39. The summed E-state index contributed by atoms with van der Waals surface area (Å²) in [4.78, 5) is 28.9. The summed E-state index contributed by atoms with van der Waals surface area (Å²) < 4.78 is 74.7. The molecule has 0 saturated heterocycles. The lowest BCUT2D eigenvalue weighted by atomic mass is 9.92. The molecular formula is C33H28ClF4N5O6S. The monoisotopic (exact) mass is 733 g/mol. The number of carbonyl (C=O) groups excluding carboxylic acids is 1. The van der Waals surface area contributed by atoms with Gasteiger partial charge < -0.3 is 18.8 Å². The van der Waals surface area contributed by atoms with Crippen LogP contribution in [0.1, 0.15) is 32.2 Å². The topological polar surface area (TPSA) is 121 Å². The Morgan fingerprint density at radius 3 is 2.62 bits per heavy atom. The first kappa shape index (κ1) is 36.1. The molecule has 4 aromatic rings. The molecule has 262 valence electrons. The van der Waals surface area contributed by atoms with Crippen molar-refractivity contribution in [2.75, 3.05) is 24.7 Å². The van der Waals surface area contributed by atoms with Crippen molar-refractivity contribution >= 4 is 46.1 Å². The Kier molecular flexibility index (Phi) is 10.4. The maximum Gasteiger partial charge on any atom is 0.416 e. The minimum absolute atomic E-state index is 0.0111. The van der Waals surface area contributed by atoms with Crippen molar-refractivity contribution in [2.45, 2.75) is 39.9 Å². The fraction of sp³-hybridized carbons (Fsp3) is 0.303. The van der Waals surface area contributed by atoms with E-state index < -0.39 is 22.5 Å². The second-order valence-corrected chi connectivity index (χ2v) is 12.9. The minimum atomic E-state index is -4.52. The largest absolute Gasteiger partial charge is 0.487 e. The molecule has 2 aliphatic rings. The van der Waals surface area contributed by atoms with Crippen molar-refractivity contribution in [2.24, 2.45) is 10.4 Å². The van der Waals surface area contributed by atoms with Crippen molar-refractivity contribution in [1.82, 2.24) is 8.94 Å². The van der Waals surface area contributed by atoms with Crippen LogP contribution in [0, 0.1) is 33.7 Å². The van der Waals surface area contributed by atoms with Gasteiger partial charge in [0.2, 0.25) is 10.6 Å². The molecule has 3 heterocycles. The van der Waals surface area contributed by atoms with Gasteiger partial charge in [-0.1, -0.05) is 31.4 Å². The molecule has 0 N–H and O–H groups in total. The van der Waals surface area contributed by atoms with Crippen LogP contribution < -0.4 is 23.9 Å². The lowest BCUT2D eigenvalue weighted by Gasteiger charge is -2.28. The Morgan fingerprint density at radius 2 is 1.96 bits per heavy atom. The van der Waals surface area contributed by atoms with Crippen LogP contribution >= 0.6 is 23.1 Å². The molecule has 0 radical (unpaired) electrons. The van der Waals surface area contributed by atoms with E-state index >= 15 is 0 Å². The average molecular weight is 734 g/mol. The van der Waals surface area contributed by atoms with E-state index in [-0.39, 0.29) is 64.7 Å². The van der Waals surface area contributed by atoms with Gasteiger partial charge in [-0.05, 0) is 42.7 Å². The van der Waals surface area contributed by atoms with E-state index in [4.69, 9.17) is 32.2 Å². The Bertz CT molecular complexity index is 2070. The lowest BCUT2D eigenvalue weighted by molar-refractivity contribution is -0.385. The molecule has 0 atom stereocenters. The number of hydrogen-bond acceptors (Lipinski definition) is 9. The third-order valence-electron chi connectivity index (χ3n) is 7.35. The minimum Gasteiger partial charge on any atom is -0.487 e. The SMILES string of the molecule is C#CCN1C(=O)COc2cc(F)c(N=c3snc4n3CC(C)(C)C4)cc21.CCOc1cc(Oc2ccc(C(F)(F)F)cc2Cl)ccc1[N+](=O)[O-]. The molecule has 11 nitrogen and oxygen atoms in total. The van der Waals surface area contributed by atoms with E-state index in [0.717, 1.165) is 37.0 Å². The van der Waals surface area contributed by atoms with Gasteiger partial charge in [-0.2, -0.15) is 17.5 Å². The van der Waals surface area contributed by atoms with E-state index in [0.29, 0.717) is 16.2 Å². The number of aromatic nitrogens is 2. The van der Waals surface area contributed by atoms with Gasteiger partial charge in [-0.15, -0.1) is 6.42 Å². The number of amides is 1. The zero-order valence-electron chi connectivity index (χ0n) is 26.7. The summed E-state index contributed by atoms with van der Waals surface area (Å²) in [5, 5.41) is 10.7. The van der Waals surface area contributed by atoms with Gasteiger partial charge in [0, 0.05) is 42.7 Å². The second kappa shape index (κ2) is 14.4. The molecule has 0 bridgehead atoms. The first-order valence-corrected chi connectivity index (χ1v) is 16.0. The molecular weight excluding hydrogens is 706 g/mol. The van der Waals surface area contributed by atoms with Crippen molar-refractivity contribution in [3.05, 3.63) is 85.7 Å². The van der Waals surface area contributed by atoms with Crippen LogP contribution in [-0.2, 0) is 23.9 Å². The number of halogens is 5. The van der Waals surface area contributed by atoms with Gasteiger partial charge >= 0.3 is 11.9 Å². The van der Waals surface area contributed by atoms with Crippen molar-refractivity contribution < 1.29 is 41.5 Å². The van der Waals surface area contributed by atoms with Gasteiger partial charge in [-0.3, -0.25) is 19.8 Å². The maximum absolute atomic E-state index is 14.5. The standard InChI is InChI=1S/C18H17FN4O2S.C15H11ClF3NO4/c1-4-5-22-13-7-12(11(19)6-14(13)25-9-16(22)24)20-17-23-10-18(2,3)8-15(23)21-26-17;1-2-23-14-8-10(4-5-12(14)20(21)22)24-13-6-3-9(7-11(13)16)15(17,18)19/h1,6-7H,5,8-10H2,2-3H3;3-8H,2H2,1H3. The number of alkyl halides is 3. The zero-order chi connectivity index (χ0) is 36.4. The Labute approximate surface area is 292 Å². The van der Waals surface area contributed by atoms with Gasteiger partial charge in [0.05, 0.1) is 34.3 Å². The van der Waals surface area contributed by atoms with Crippen LogP contribution in [-0.4, -0.2) is 39.5 Å². The van der Waals surface area contributed by atoms with Crippen LogP contribution in [0.4, 0.5) is 34.6 Å². The third-order valence-corrected chi connectivity index (χ3v) is 8.42. The Hall–Kier alpha value is -5.14. The molecule has 0 saturated carbocycles. The number of nitro benzene ring substituents is 1. The van der Waals surface area contributed by atoms with Crippen molar-refractivity contribution in [3.63, 3.8) is 0 Å².